The molecule has 0 aliphatic carbocycles. The minimum absolute atomic E-state index is 1.09. The summed E-state index contributed by atoms with van der Waals surface area (Å²) in [6, 6.07) is 20.7. The van der Waals surface area contributed by atoms with Gasteiger partial charge in [0.05, 0.1) is 5.56 Å². The Kier molecular flexibility index (Phi) is 5.92. The lowest BCUT2D eigenvalue weighted by molar-refractivity contribution is -2.00. The minimum Gasteiger partial charge on any atom is -0.222 e. The van der Waals surface area contributed by atoms with E-state index in [0.29, 0.717) is 0 Å². The molecule has 2 aromatic carbocycles. The van der Waals surface area contributed by atoms with Gasteiger partial charge in [-0.15, -0.1) is 10.2 Å². The van der Waals surface area contributed by atoms with Crippen LogP contribution in [-0.4, -0.2) is 4.37 Å². The van der Waals surface area contributed by atoms with E-state index in [-0.39, 0.29) is 0 Å². The van der Waals surface area contributed by atoms with Crippen LogP contribution in [0.3, 0.4) is 0 Å². The molecule has 0 aliphatic rings. The summed E-state index contributed by atoms with van der Waals surface area (Å²) >= 11 is 3.31. The first-order valence-electron chi connectivity index (χ1n) is 5.96. The van der Waals surface area contributed by atoms with E-state index >= 15 is 0 Å². The second-order valence-corrected chi connectivity index (χ2v) is 6.77. The van der Waals surface area contributed by atoms with E-state index in [1.165, 1.54) is 15.3 Å². The summed E-state index contributed by atoms with van der Waals surface area (Å²) in [6.45, 7) is 0. The van der Waals surface area contributed by atoms with Crippen LogP contribution in [0, 0.1) is 10.2 Å². The van der Waals surface area contributed by atoms with Crippen LogP contribution in [0.15, 0.2) is 60.7 Å². The molecule has 22 heavy (non-hydrogen) atoms. The van der Waals surface area contributed by atoms with Crippen molar-refractivity contribution in [3.63, 3.8) is 0 Å². The van der Waals surface area contributed by atoms with Gasteiger partial charge in [-0.2, -0.15) is 0 Å². The van der Waals surface area contributed by atoms with E-state index in [4.69, 9.17) is 18.6 Å². The molecule has 1 heterocycles. The van der Waals surface area contributed by atoms with Crippen molar-refractivity contribution in [2.45, 2.75) is 0 Å². The number of halogens is 1. The van der Waals surface area contributed by atoms with Crippen LogP contribution in [0.25, 0.3) is 20.3 Å². The molecule has 0 N–H and O–H groups in total. The fraction of sp³-hybridized carbons (Fsp3) is 0. The van der Waals surface area contributed by atoms with Crippen molar-refractivity contribution in [1.82, 2.24) is 4.37 Å². The predicted octanol–water partition coefficient (Wildman–Crippen LogP) is 0.0637. The Hall–Kier alpha value is -1.45. The van der Waals surface area contributed by atoms with Gasteiger partial charge in [0.1, 0.15) is 11.3 Å². The van der Waals surface area contributed by atoms with Gasteiger partial charge in [-0.3, -0.25) is 0 Å². The molecule has 0 radical (unpaired) electrons. The first-order valence-corrected chi connectivity index (χ1v) is 8.78. The van der Waals surface area contributed by atoms with Crippen molar-refractivity contribution in [3.05, 3.63) is 60.7 Å². The number of hydrogen-bond acceptors (Lipinski definition) is 6. The van der Waals surface area contributed by atoms with Gasteiger partial charge in [0, 0.05) is 5.56 Å². The maximum atomic E-state index is 8.49. The van der Waals surface area contributed by atoms with E-state index in [0.717, 1.165) is 5.01 Å². The second kappa shape index (κ2) is 7.70. The highest BCUT2D eigenvalue weighted by atomic mass is 35.7. The lowest BCUT2D eigenvalue weighted by Crippen LogP contribution is -2.68. The quantitative estimate of drug-likeness (QED) is 0.604. The number of benzene rings is 2. The standard InChI is InChI=1S/C14H10NS2.ClHO4/c1-3-7-11(8-4-1)13-15-17-14(16-13)12-9-5-2-6-10-12;2-1(3,4)5/h1-10H;(H,2,3,4,5)/q+1;/p-1. The van der Waals surface area contributed by atoms with Crippen molar-refractivity contribution in [2.75, 3.05) is 0 Å². The summed E-state index contributed by atoms with van der Waals surface area (Å²) in [6.07, 6.45) is 0. The zero-order chi connectivity index (χ0) is 16.0. The van der Waals surface area contributed by atoms with E-state index < -0.39 is 10.2 Å². The molecular weight excluding hydrogens is 346 g/mol. The van der Waals surface area contributed by atoms with Crippen LogP contribution < -0.4 is 18.6 Å². The average Bonchev–Trinajstić information content (AvgIpc) is 2.97. The largest absolute Gasteiger partial charge is 0.310 e. The Morgan fingerprint density at radius 1 is 0.773 bits per heavy atom. The predicted molar refractivity (Wildman–Crippen MR) is 75.3 cm³/mol. The van der Waals surface area contributed by atoms with Gasteiger partial charge in [-0.1, -0.05) is 36.4 Å². The zero-order valence-electron chi connectivity index (χ0n) is 11.0. The monoisotopic (exact) mass is 355 g/mol. The maximum Gasteiger partial charge on any atom is 0.310 e. The third-order valence-corrected chi connectivity index (χ3v) is 4.64. The molecule has 0 saturated carbocycles. The third-order valence-electron chi connectivity index (χ3n) is 2.43. The Morgan fingerprint density at radius 2 is 1.23 bits per heavy atom. The highest BCUT2D eigenvalue weighted by molar-refractivity contribution is 7.34. The normalized spacial score (nSPS) is 10.7. The van der Waals surface area contributed by atoms with Crippen LogP contribution >= 0.6 is 22.9 Å². The molecule has 5 nitrogen and oxygen atoms in total. The van der Waals surface area contributed by atoms with Crippen molar-refractivity contribution in [1.29, 1.82) is 0 Å². The van der Waals surface area contributed by atoms with Crippen LogP contribution in [0.5, 0.6) is 0 Å². The highest BCUT2D eigenvalue weighted by Crippen LogP contribution is 2.35. The molecule has 3 rings (SSSR count). The lowest BCUT2D eigenvalue weighted by atomic mass is 10.2. The van der Waals surface area contributed by atoms with E-state index in [9.17, 15) is 0 Å². The molecule has 0 saturated heterocycles. The van der Waals surface area contributed by atoms with Gasteiger partial charge < -0.3 is 0 Å². The molecule has 3 aromatic rings. The fourth-order valence-corrected chi connectivity index (χ4v) is 3.54. The molecule has 0 bridgehead atoms. The molecule has 1 aromatic heterocycles. The van der Waals surface area contributed by atoms with Crippen molar-refractivity contribution in [3.8, 4) is 20.3 Å². The molecule has 114 valence electrons. The van der Waals surface area contributed by atoms with Gasteiger partial charge in [0.2, 0.25) is 11.5 Å². The second-order valence-electron chi connectivity index (χ2n) is 3.99. The summed E-state index contributed by atoms with van der Waals surface area (Å²) in [5.41, 5.74) is 2.44. The third kappa shape index (κ3) is 5.74. The van der Waals surface area contributed by atoms with Crippen LogP contribution in [0.1, 0.15) is 0 Å². The Labute approximate surface area is 137 Å². The average molecular weight is 356 g/mol. The van der Waals surface area contributed by atoms with Crippen LogP contribution in [-0.2, 0) is 0 Å². The highest BCUT2D eigenvalue weighted by Gasteiger charge is 2.18. The summed E-state index contributed by atoms with van der Waals surface area (Å²) in [5, 5.41) is 1.09. The van der Waals surface area contributed by atoms with Crippen LogP contribution in [0.4, 0.5) is 0 Å². The van der Waals surface area contributed by atoms with E-state index in [1.807, 2.05) is 24.3 Å². The van der Waals surface area contributed by atoms with Crippen molar-refractivity contribution in [2.24, 2.45) is 0 Å². The molecular formula is C14H10ClNO4S2. The Bertz CT molecular complexity index is 642. The van der Waals surface area contributed by atoms with Gasteiger partial charge >= 0.3 is 4.19 Å². The first kappa shape index (κ1) is 16.9. The molecule has 0 atom stereocenters. The summed E-state index contributed by atoms with van der Waals surface area (Å²) in [5.74, 6) is 0. The smallest absolute Gasteiger partial charge is 0.222 e. The maximum absolute atomic E-state index is 8.49. The Balaban J connectivity index is 0.000000309. The zero-order valence-corrected chi connectivity index (χ0v) is 13.4. The molecule has 8 heteroatoms. The Morgan fingerprint density at radius 3 is 1.73 bits per heavy atom. The topological polar surface area (TPSA) is 105 Å². The number of nitrogens with zero attached hydrogens (tertiary/aromatic N) is 1. The minimum atomic E-state index is -4.94. The number of aromatic nitrogens is 1. The molecule has 0 unspecified atom stereocenters. The number of hydrogen-bond donors (Lipinski definition) is 0. The van der Waals surface area contributed by atoms with E-state index in [2.05, 4.69) is 40.8 Å². The SMILES string of the molecule is [O-][Cl+3]([O-])([O-])[O-].c1ccc(-c2nsc(-c3ccccc3)[s+]2)cc1. The van der Waals surface area contributed by atoms with Crippen molar-refractivity contribution >= 4 is 22.9 Å². The van der Waals surface area contributed by atoms with E-state index in [1.54, 1.807) is 22.9 Å². The van der Waals surface area contributed by atoms with Crippen LogP contribution in [0.2, 0.25) is 0 Å². The van der Waals surface area contributed by atoms with Gasteiger partial charge in [-0.25, -0.2) is 18.6 Å². The summed E-state index contributed by atoms with van der Waals surface area (Å²) in [7, 11) is -4.94. The summed E-state index contributed by atoms with van der Waals surface area (Å²) in [4.78, 5) is 0. The molecule has 0 fully saturated rings. The molecule has 0 spiro atoms. The molecule has 0 amide bonds. The lowest BCUT2D eigenvalue weighted by Gasteiger charge is -2.17. The van der Waals surface area contributed by atoms with Gasteiger partial charge in [0.15, 0.2) is 0 Å². The van der Waals surface area contributed by atoms with Gasteiger partial charge in [0.25, 0.3) is 5.01 Å². The first-order chi connectivity index (χ1) is 10.4. The molecule has 0 aliphatic heterocycles. The van der Waals surface area contributed by atoms with Gasteiger partial charge in [-0.05, 0) is 28.6 Å². The number of rotatable bonds is 2. The fourth-order valence-electron chi connectivity index (χ4n) is 1.59. The van der Waals surface area contributed by atoms with Crippen molar-refractivity contribution < 1.29 is 28.9 Å². The summed E-state index contributed by atoms with van der Waals surface area (Å²) < 4.78 is 39.7.